The molecule has 1 N–H and O–H groups in total. The van der Waals surface area contributed by atoms with Gasteiger partial charge in [-0.15, -0.1) is 0 Å². The fourth-order valence-corrected chi connectivity index (χ4v) is 2.45. The molecule has 1 unspecified atom stereocenters. The average molecular weight is 369 g/mol. The molecule has 1 heterocycles. The number of hydrogen-bond donors (Lipinski definition) is 1. The van der Waals surface area contributed by atoms with Gasteiger partial charge in [-0.05, 0) is 25.1 Å². The SMILES string of the molecule is CC(OC(=O)COc1ccccc1[N+](=O)[O-])c1nc2ccccc2c(=O)[nH]1. The molecule has 0 radical (unpaired) electrons. The number of nitrogens with zero attached hydrogens (tertiary/aromatic N) is 2. The van der Waals surface area contributed by atoms with Crippen molar-refractivity contribution in [3.8, 4) is 5.75 Å². The highest BCUT2D eigenvalue weighted by molar-refractivity contribution is 5.77. The van der Waals surface area contributed by atoms with Crippen LogP contribution in [-0.4, -0.2) is 27.5 Å². The summed E-state index contributed by atoms with van der Waals surface area (Å²) >= 11 is 0. The van der Waals surface area contributed by atoms with Gasteiger partial charge in [-0.1, -0.05) is 24.3 Å². The van der Waals surface area contributed by atoms with Gasteiger partial charge in [0, 0.05) is 6.07 Å². The highest BCUT2D eigenvalue weighted by Gasteiger charge is 2.18. The van der Waals surface area contributed by atoms with Crippen LogP contribution >= 0.6 is 0 Å². The van der Waals surface area contributed by atoms with Crippen molar-refractivity contribution in [1.82, 2.24) is 9.97 Å². The van der Waals surface area contributed by atoms with Crippen molar-refractivity contribution in [2.24, 2.45) is 0 Å². The van der Waals surface area contributed by atoms with Gasteiger partial charge in [-0.3, -0.25) is 14.9 Å². The molecular weight excluding hydrogens is 354 g/mol. The molecule has 27 heavy (non-hydrogen) atoms. The molecule has 3 rings (SSSR count). The third-order valence-corrected chi connectivity index (χ3v) is 3.73. The number of nitro groups is 1. The molecule has 0 aliphatic heterocycles. The number of rotatable bonds is 6. The minimum absolute atomic E-state index is 0.0376. The number of esters is 1. The minimum Gasteiger partial charge on any atom is -0.475 e. The van der Waals surface area contributed by atoms with E-state index < -0.39 is 23.6 Å². The van der Waals surface area contributed by atoms with Crippen LogP contribution in [0, 0.1) is 10.1 Å². The Balaban J connectivity index is 1.68. The van der Waals surface area contributed by atoms with Crippen molar-refractivity contribution in [2.75, 3.05) is 6.61 Å². The zero-order valence-electron chi connectivity index (χ0n) is 14.2. The smallest absolute Gasteiger partial charge is 0.344 e. The van der Waals surface area contributed by atoms with Crippen LogP contribution in [0.5, 0.6) is 5.75 Å². The number of aromatic amines is 1. The van der Waals surface area contributed by atoms with Crippen LogP contribution in [0.1, 0.15) is 18.9 Å². The molecule has 9 nitrogen and oxygen atoms in total. The molecule has 0 aliphatic rings. The maximum atomic E-state index is 12.1. The first-order chi connectivity index (χ1) is 13.0. The lowest BCUT2D eigenvalue weighted by Gasteiger charge is -2.13. The summed E-state index contributed by atoms with van der Waals surface area (Å²) in [6.07, 6.45) is -0.829. The molecule has 0 fully saturated rings. The largest absolute Gasteiger partial charge is 0.475 e. The van der Waals surface area contributed by atoms with Crippen molar-refractivity contribution in [2.45, 2.75) is 13.0 Å². The average Bonchev–Trinajstić information content (AvgIpc) is 2.66. The van der Waals surface area contributed by atoms with E-state index in [4.69, 9.17) is 9.47 Å². The van der Waals surface area contributed by atoms with Crippen molar-refractivity contribution in [3.63, 3.8) is 0 Å². The number of fused-ring (bicyclic) bond motifs is 1. The van der Waals surface area contributed by atoms with Gasteiger partial charge >= 0.3 is 11.7 Å². The van der Waals surface area contributed by atoms with E-state index in [2.05, 4.69) is 9.97 Å². The van der Waals surface area contributed by atoms with Gasteiger partial charge in [-0.25, -0.2) is 9.78 Å². The monoisotopic (exact) mass is 369 g/mol. The summed E-state index contributed by atoms with van der Waals surface area (Å²) in [7, 11) is 0. The maximum absolute atomic E-state index is 12.1. The van der Waals surface area contributed by atoms with Gasteiger partial charge in [0.25, 0.3) is 5.56 Å². The third-order valence-electron chi connectivity index (χ3n) is 3.73. The van der Waals surface area contributed by atoms with E-state index in [0.29, 0.717) is 10.9 Å². The second-order valence-corrected chi connectivity index (χ2v) is 5.61. The highest BCUT2D eigenvalue weighted by atomic mass is 16.6. The lowest BCUT2D eigenvalue weighted by atomic mass is 10.2. The van der Waals surface area contributed by atoms with E-state index in [0.717, 1.165) is 0 Å². The number of H-pyrrole nitrogens is 1. The predicted molar refractivity (Wildman–Crippen MR) is 95.5 cm³/mol. The minimum atomic E-state index is -0.829. The van der Waals surface area contributed by atoms with Gasteiger partial charge in [0.2, 0.25) is 0 Å². The van der Waals surface area contributed by atoms with Crippen LogP contribution in [0.15, 0.2) is 53.3 Å². The molecule has 138 valence electrons. The Morgan fingerprint density at radius 3 is 2.70 bits per heavy atom. The molecule has 1 atom stereocenters. The Morgan fingerprint density at radius 2 is 1.93 bits per heavy atom. The molecule has 9 heteroatoms. The molecule has 0 aliphatic carbocycles. The number of nitrogens with one attached hydrogen (secondary N) is 1. The van der Waals surface area contributed by atoms with Crippen LogP contribution in [-0.2, 0) is 9.53 Å². The summed E-state index contributed by atoms with van der Waals surface area (Å²) in [6, 6.07) is 12.5. The lowest BCUT2D eigenvalue weighted by Crippen LogP contribution is -2.20. The molecule has 2 aromatic carbocycles. The lowest BCUT2D eigenvalue weighted by molar-refractivity contribution is -0.385. The standard InChI is InChI=1S/C18H15N3O6/c1-11(17-19-13-7-3-2-6-12(13)18(23)20-17)27-16(22)10-26-15-9-5-4-8-14(15)21(24)25/h2-9,11H,10H2,1H3,(H,19,20,23). The van der Waals surface area contributed by atoms with E-state index in [1.54, 1.807) is 37.3 Å². The quantitative estimate of drug-likeness (QED) is 0.402. The fourth-order valence-electron chi connectivity index (χ4n) is 2.45. The normalized spacial score (nSPS) is 11.7. The van der Waals surface area contributed by atoms with Crippen LogP contribution in [0.3, 0.4) is 0 Å². The fraction of sp³-hybridized carbons (Fsp3) is 0.167. The Morgan fingerprint density at radius 1 is 1.22 bits per heavy atom. The summed E-state index contributed by atoms with van der Waals surface area (Å²) in [4.78, 5) is 41.3. The Kier molecular flexibility index (Phi) is 5.11. The number of benzene rings is 2. The maximum Gasteiger partial charge on any atom is 0.344 e. The van der Waals surface area contributed by atoms with Gasteiger partial charge < -0.3 is 14.5 Å². The molecule has 3 aromatic rings. The van der Waals surface area contributed by atoms with Gasteiger partial charge in [0.05, 0.1) is 15.8 Å². The summed E-state index contributed by atoms with van der Waals surface area (Å²) in [5, 5.41) is 11.4. The molecule has 0 spiro atoms. The van der Waals surface area contributed by atoms with E-state index in [9.17, 15) is 19.7 Å². The van der Waals surface area contributed by atoms with Gasteiger partial charge in [-0.2, -0.15) is 0 Å². The van der Waals surface area contributed by atoms with Gasteiger partial charge in [0.1, 0.15) is 0 Å². The first-order valence-electron chi connectivity index (χ1n) is 8.00. The topological polar surface area (TPSA) is 124 Å². The second-order valence-electron chi connectivity index (χ2n) is 5.61. The number of ether oxygens (including phenoxy) is 2. The molecular formula is C18H15N3O6. The van der Waals surface area contributed by atoms with E-state index in [-0.39, 0.29) is 22.8 Å². The number of hydrogen-bond acceptors (Lipinski definition) is 7. The van der Waals surface area contributed by atoms with E-state index in [1.807, 2.05) is 0 Å². The summed E-state index contributed by atoms with van der Waals surface area (Å²) in [5.41, 5.74) is -0.108. The number of para-hydroxylation sites is 3. The van der Waals surface area contributed by atoms with Gasteiger partial charge in [0.15, 0.2) is 24.3 Å². The molecule has 0 saturated carbocycles. The van der Waals surface area contributed by atoms with Crippen LogP contribution < -0.4 is 10.3 Å². The zero-order valence-corrected chi connectivity index (χ0v) is 14.2. The number of carbonyl (C=O) groups is 1. The zero-order chi connectivity index (χ0) is 19.4. The molecule has 0 saturated heterocycles. The number of nitro benzene ring substituents is 1. The Hall–Kier alpha value is -3.75. The van der Waals surface area contributed by atoms with Crippen molar-refractivity contribution in [3.05, 3.63) is 74.8 Å². The third kappa shape index (κ3) is 4.09. The summed E-state index contributed by atoms with van der Waals surface area (Å²) < 4.78 is 10.4. The second kappa shape index (κ2) is 7.65. The van der Waals surface area contributed by atoms with Crippen molar-refractivity contribution in [1.29, 1.82) is 0 Å². The van der Waals surface area contributed by atoms with Crippen LogP contribution in [0.25, 0.3) is 10.9 Å². The molecule has 0 amide bonds. The highest BCUT2D eigenvalue weighted by Crippen LogP contribution is 2.25. The first kappa shape index (κ1) is 18.1. The van der Waals surface area contributed by atoms with Crippen LogP contribution in [0.2, 0.25) is 0 Å². The van der Waals surface area contributed by atoms with Crippen molar-refractivity contribution < 1.29 is 19.2 Å². The number of carbonyl (C=O) groups excluding carboxylic acids is 1. The first-order valence-corrected chi connectivity index (χ1v) is 8.00. The van der Waals surface area contributed by atoms with E-state index >= 15 is 0 Å². The molecule has 0 bridgehead atoms. The van der Waals surface area contributed by atoms with Crippen LogP contribution in [0.4, 0.5) is 5.69 Å². The summed E-state index contributed by atoms with van der Waals surface area (Å²) in [6.45, 7) is 1.03. The molecule has 1 aromatic heterocycles. The Bertz CT molecular complexity index is 1060. The predicted octanol–water partition coefficient (Wildman–Crippen LogP) is 2.51. The Labute approximate surface area is 152 Å². The summed E-state index contributed by atoms with van der Waals surface area (Å²) in [5.74, 6) is -0.599. The van der Waals surface area contributed by atoms with Crippen molar-refractivity contribution >= 4 is 22.6 Å². The van der Waals surface area contributed by atoms with E-state index in [1.165, 1.54) is 18.2 Å². The number of aromatic nitrogens is 2.